The van der Waals surface area contributed by atoms with Crippen molar-refractivity contribution in [1.82, 2.24) is 9.78 Å². The SMILES string of the molecule is CCC(CC)n1ncc(C=O)c1C. The Balaban J connectivity index is 3.00. The van der Waals surface area contributed by atoms with Crippen LogP contribution in [-0.4, -0.2) is 16.1 Å². The zero-order valence-electron chi connectivity index (χ0n) is 8.45. The van der Waals surface area contributed by atoms with Crippen molar-refractivity contribution in [3.63, 3.8) is 0 Å². The van der Waals surface area contributed by atoms with Crippen molar-refractivity contribution in [2.24, 2.45) is 0 Å². The second-order valence-corrected chi connectivity index (χ2v) is 3.22. The van der Waals surface area contributed by atoms with Gasteiger partial charge in [0.05, 0.1) is 17.8 Å². The summed E-state index contributed by atoms with van der Waals surface area (Å²) in [6.45, 7) is 6.21. The van der Waals surface area contributed by atoms with E-state index in [9.17, 15) is 4.79 Å². The zero-order chi connectivity index (χ0) is 9.84. The van der Waals surface area contributed by atoms with E-state index in [1.54, 1.807) is 6.20 Å². The first-order valence-electron chi connectivity index (χ1n) is 4.73. The van der Waals surface area contributed by atoms with Crippen molar-refractivity contribution >= 4 is 6.29 Å². The Labute approximate surface area is 78.8 Å². The number of nitrogens with zero attached hydrogens (tertiary/aromatic N) is 2. The molecule has 1 aromatic heterocycles. The number of hydrogen-bond acceptors (Lipinski definition) is 2. The van der Waals surface area contributed by atoms with Crippen LogP contribution in [-0.2, 0) is 0 Å². The van der Waals surface area contributed by atoms with Crippen molar-refractivity contribution in [2.75, 3.05) is 0 Å². The van der Waals surface area contributed by atoms with E-state index < -0.39 is 0 Å². The standard InChI is InChI=1S/C10H16N2O/c1-4-10(5-2)12-8(3)9(7-13)6-11-12/h6-7,10H,4-5H2,1-3H3. The summed E-state index contributed by atoms with van der Waals surface area (Å²) < 4.78 is 1.95. The van der Waals surface area contributed by atoms with E-state index in [-0.39, 0.29) is 0 Å². The van der Waals surface area contributed by atoms with E-state index in [1.165, 1.54) is 0 Å². The molecule has 0 aromatic carbocycles. The molecule has 0 fully saturated rings. The maximum absolute atomic E-state index is 10.6. The van der Waals surface area contributed by atoms with Gasteiger partial charge in [0.25, 0.3) is 0 Å². The summed E-state index contributed by atoms with van der Waals surface area (Å²) in [7, 11) is 0. The number of carbonyl (C=O) groups excluding carboxylic acids is 1. The molecule has 0 aliphatic carbocycles. The zero-order valence-corrected chi connectivity index (χ0v) is 8.45. The van der Waals surface area contributed by atoms with Crippen LogP contribution in [0.1, 0.15) is 48.8 Å². The van der Waals surface area contributed by atoms with Crippen LogP contribution >= 0.6 is 0 Å². The van der Waals surface area contributed by atoms with Crippen LogP contribution in [0.15, 0.2) is 6.20 Å². The minimum Gasteiger partial charge on any atom is -0.298 e. The second kappa shape index (κ2) is 4.21. The van der Waals surface area contributed by atoms with Gasteiger partial charge in [-0.1, -0.05) is 13.8 Å². The van der Waals surface area contributed by atoms with Gasteiger partial charge in [0.15, 0.2) is 6.29 Å². The molecule has 3 heteroatoms. The Bertz CT molecular complexity index is 287. The smallest absolute Gasteiger partial charge is 0.153 e. The molecule has 1 heterocycles. The lowest BCUT2D eigenvalue weighted by Crippen LogP contribution is -2.10. The summed E-state index contributed by atoms with van der Waals surface area (Å²) in [5.74, 6) is 0. The van der Waals surface area contributed by atoms with Crippen LogP contribution < -0.4 is 0 Å². The third-order valence-corrected chi connectivity index (χ3v) is 2.50. The molecule has 0 atom stereocenters. The molecule has 0 spiro atoms. The predicted octanol–water partition coefficient (Wildman–Crippen LogP) is 2.37. The van der Waals surface area contributed by atoms with Crippen LogP contribution in [0.4, 0.5) is 0 Å². The summed E-state index contributed by atoms with van der Waals surface area (Å²) in [4.78, 5) is 10.6. The first-order valence-corrected chi connectivity index (χ1v) is 4.73. The number of aldehydes is 1. The first-order chi connectivity index (χ1) is 6.24. The fraction of sp³-hybridized carbons (Fsp3) is 0.600. The van der Waals surface area contributed by atoms with E-state index in [2.05, 4.69) is 18.9 Å². The average molecular weight is 180 g/mol. The van der Waals surface area contributed by atoms with Crippen molar-refractivity contribution in [2.45, 2.75) is 39.7 Å². The van der Waals surface area contributed by atoms with Gasteiger partial charge in [-0.2, -0.15) is 5.10 Å². The Kier molecular flexibility index (Phi) is 3.23. The van der Waals surface area contributed by atoms with Crippen LogP contribution in [0.3, 0.4) is 0 Å². The van der Waals surface area contributed by atoms with E-state index >= 15 is 0 Å². The molecule has 0 radical (unpaired) electrons. The van der Waals surface area contributed by atoms with E-state index in [1.807, 2.05) is 11.6 Å². The van der Waals surface area contributed by atoms with Gasteiger partial charge >= 0.3 is 0 Å². The molecule has 0 amide bonds. The molecule has 0 unspecified atom stereocenters. The highest BCUT2D eigenvalue weighted by Gasteiger charge is 2.11. The van der Waals surface area contributed by atoms with Crippen LogP contribution in [0.5, 0.6) is 0 Å². The van der Waals surface area contributed by atoms with Crippen LogP contribution in [0.25, 0.3) is 0 Å². The summed E-state index contributed by atoms with van der Waals surface area (Å²) in [6.07, 6.45) is 4.61. The third kappa shape index (κ3) is 1.79. The number of rotatable bonds is 4. The Morgan fingerprint density at radius 3 is 2.54 bits per heavy atom. The van der Waals surface area contributed by atoms with Gasteiger partial charge in [-0.15, -0.1) is 0 Å². The summed E-state index contributed by atoms with van der Waals surface area (Å²) in [5.41, 5.74) is 1.68. The van der Waals surface area contributed by atoms with Gasteiger partial charge in [0.2, 0.25) is 0 Å². The highest BCUT2D eigenvalue weighted by atomic mass is 16.1. The fourth-order valence-electron chi connectivity index (χ4n) is 1.56. The van der Waals surface area contributed by atoms with Crippen LogP contribution in [0, 0.1) is 6.92 Å². The van der Waals surface area contributed by atoms with Gasteiger partial charge in [0.1, 0.15) is 0 Å². The molecular formula is C10H16N2O. The summed E-state index contributed by atoms with van der Waals surface area (Å²) in [5, 5.41) is 4.21. The van der Waals surface area contributed by atoms with Crippen LogP contribution in [0.2, 0.25) is 0 Å². The van der Waals surface area contributed by atoms with Crippen molar-refractivity contribution in [3.05, 3.63) is 17.5 Å². The monoisotopic (exact) mass is 180 g/mol. The third-order valence-electron chi connectivity index (χ3n) is 2.50. The Morgan fingerprint density at radius 1 is 1.54 bits per heavy atom. The summed E-state index contributed by atoms with van der Waals surface area (Å²) in [6, 6.07) is 0.425. The topological polar surface area (TPSA) is 34.9 Å². The predicted molar refractivity (Wildman–Crippen MR) is 52.0 cm³/mol. The molecule has 0 aliphatic heterocycles. The lowest BCUT2D eigenvalue weighted by atomic mass is 10.1. The minimum atomic E-state index is 0.425. The van der Waals surface area contributed by atoms with E-state index in [0.29, 0.717) is 11.6 Å². The fourth-order valence-corrected chi connectivity index (χ4v) is 1.56. The van der Waals surface area contributed by atoms with Gasteiger partial charge in [0, 0.05) is 5.69 Å². The number of hydrogen-bond donors (Lipinski definition) is 0. The molecule has 0 bridgehead atoms. The van der Waals surface area contributed by atoms with Crippen molar-refractivity contribution in [3.8, 4) is 0 Å². The highest BCUT2D eigenvalue weighted by Crippen LogP contribution is 2.17. The molecule has 0 saturated heterocycles. The average Bonchev–Trinajstić information content (AvgIpc) is 2.50. The number of aromatic nitrogens is 2. The molecule has 1 aromatic rings. The lowest BCUT2D eigenvalue weighted by molar-refractivity contribution is 0.112. The van der Waals surface area contributed by atoms with Gasteiger partial charge < -0.3 is 0 Å². The Hall–Kier alpha value is -1.12. The normalized spacial score (nSPS) is 10.8. The maximum atomic E-state index is 10.6. The lowest BCUT2D eigenvalue weighted by Gasteiger charge is -2.14. The first kappa shape index (κ1) is 9.96. The molecular weight excluding hydrogens is 164 g/mol. The Morgan fingerprint density at radius 2 is 2.15 bits per heavy atom. The summed E-state index contributed by atoms with van der Waals surface area (Å²) >= 11 is 0. The van der Waals surface area contributed by atoms with Gasteiger partial charge in [-0.3, -0.25) is 9.48 Å². The largest absolute Gasteiger partial charge is 0.298 e. The van der Waals surface area contributed by atoms with Crippen molar-refractivity contribution in [1.29, 1.82) is 0 Å². The van der Waals surface area contributed by atoms with E-state index in [4.69, 9.17) is 0 Å². The van der Waals surface area contributed by atoms with Gasteiger partial charge in [-0.05, 0) is 19.8 Å². The second-order valence-electron chi connectivity index (χ2n) is 3.22. The van der Waals surface area contributed by atoms with E-state index in [0.717, 1.165) is 24.8 Å². The minimum absolute atomic E-state index is 0.425. The molecule has 0 saturated carbocycles. The molecule has 1 rings (SSSR count). The maximum Gasteiger partial charge on any atom is 0.153 e. The van der Waals surface area contributed by atoms with Gasteiger partial charge in [-0.25, -0.2) is 0 Å². The number of carbonyl (C=O) groups is 1. The molecule has 0 aliphatic rings. The quantitative estimate of drug-likeness (QED) is 0.667. The molecule has 3 nitrogen and oxygen atoms in total. The van der Waals surface area contributed by atoms with Crippen molar-refractivity contribution < 1.29 is 4.79 Å². The molecule has 72 valence electrons. The highest BCUT2D eigenvalue weighted by molar-refractivity contribution is 5.75. The molecule has 0 N–H and O–H groups in total. The molecule has 13 heavy (non-hydrogen) atoms.